The van der Waals surface area contributed by atoms with E-state index in [4.69, 9.17) is 9.47 Å². The zero-order chi connectivity index (χ0) is 18.6. The highest BCUT2D eigenvalue weighted by Crippen LogP contribution is 2.37. The minimum Gasteiger partial charge on any atom is -0.512 e. The summed E-state index contributed by atoms with van der Waals surface area (Å²) in [6.45, 7) is 0. The first-order valence-corrected chi connectivity index (χ1v) is 8.74. The molecule has 138 valence electrons. The fraction of sp³-hybridized carbons (Fsp3) is 0.400. The van der Waals surface area contributed by atoms with Crippen molar-refractivity contribution in [3.8, 4) is 11.5 Å². The first-order valence-electron chi connectivity index (χ1n) is 8.74. The van der Waals surface area contributed by atoms with Crippen molar-refractivity contribution in [3.05, 3.63) is 47.9 Å². The van der Waals surface area contributed by atoms with Crippen molar-refractivity contribution < 1.29 is 29.3 Å². The van der Waals surface area contributed by atoms with Gasteiger partial charge in [0, 0.05) is 12.8 Å². The number of aliphatic hydroxyl groups excluding tert-OH is 1. The number of aromatic hydroxyl groups is 1. The van der Waals surface area contributed by atoms with Gasteiger partial charge in [-0.1, -0.05) is 0 Å². The second-order valence-electron chi connectivity index (χ2n) is 6.76. The third-order valence-corrected chi connectivity index (χ3v) is 4.86. The Kier molecular flexibility index (Phi) is 5.30. The van der Waals surface area contributed by atoms with Gasteiger partial charge in [0.2, 0.25) is 0 Å². The molecule has 0 amide bonds. The van der Waals surface area contributed by atoms with Gasteiger partial charge in [-0.15, -0.1) is 0 Å². The predicted octanol–water partition coefficient (Wildman–Crippen LogP) is 3.56. The molecule has 0 saturated heterocycles. The van der Waals surface area contributed by atoms with Gasteiger partial charge in [-0.25, -0.2) is 0 Å². The van der Waals surface area contributed by atoms with E-state index in [0.717, 1.165) is 6.29 Å². The molecule has 1 saturated carbocycles. The third-order valence-electron chi connectivity index (χ3n) is 4.86. The number of hydrogen-bond acceptors (Lipinski definition) is 6. The molecular formula is C20H22O6. The SMILES string of the molecule is O=CC1(OC2=CC=C(O)CC2)CCC(C(=O)Oc2ccc(O)cc2)CC1. The highest BCUT2D eigenvalue weighted by molar-refractivity contribution is 5.76. The third kappa shape index (κ3) is 4.25. The van der Waals surface area contributed by atoms with Crippen LogP contribution >= 0.6 is 0 Å². The standard InChI is InChI=1S/C20H22O6/c21-13-20(26-18-7-3-16(23)4-8-18)11-9-14(10-12-20)19(24)25-17-5-1-15(22)2-6-17/h1-3,5-7,13-14,22-23H,4,8-12H2. The van der Waals surface area contributed by atoms with Crippen LogP contribution in [0.3, 0.4) is 0 Å². The Morgan fingerprint density at radius 3 is 2.35 bits per heavy atom. The van der Waals surface area contributed by atoms with Crippen molar-refractivity contribution >= 4 is 12.3 Å². The molecule has 1 aromatic carbocycles. The van der Waals surface area contributed by atoms with Gasteiger partial charge in [0.25, 0.3) is 0 Å². The smallest absolute Gasteiger partial charge is 0.314 e. The van der Waals surface area contributed by atoms with Crippen LogP contribution in [0.1, 0.15) is 38.5 Å². The Bertz CT molecular complexity index is 723. The Balaban J connectivity index is 1.57. The average molecular weight is 358 g/mol. The van der Waals surface area contributed by atoms with Gasteiger partial charge in [-0.2, -0.15) is 0 Å². The molecule has 26 heavy (non-hydrogen) atoms. The highest BCUT2D eigenvalue weighted by atomic mass is 16.5. The predicted molar refractivity (Wildman–Crippen MR) is 93.6 cm³/mol. The van der Waals surface area contributed by atoms with E-state index in [-0.39, 0.29) is 17.6 Å². The van der Waals surface area contributed by atoms with Crippen molar-refractivity contribution in [1.82, 2.24) is 0 Å². The van der Waals surface area contributed by atoms with Crippen molar-refractivity contribution in [2.45, 2.75) is 44.1 Å². The van der Waals surface area contributed by atoms with Gasteiger partial charge in [-0.3, -0.25) is 9.59 Å². The summed E-state index contributed by atoms with van der Waals surface area (Å²) in [5, 5.41) is 18.7. The number of rotatable bonds is 5. The summed E-state index contributed by atoms with van der Waals surface area (Å²) in [4.78, 5) is 24.0. The minimum atomic E-state index is -0.915. The number of phenolic OH excluding ortho intramolecular Hbond substituents is 1. The van der Waals surface area contributed by atoms with E-state index in [1.54, 1.807) is 12.2 Å². The first kappa shape index (κ1) is 18.0. The van der Waals surface area contributed by atoms with E-state index in [2.05, 4.69) is 0 Å². The minimum absolute atomic E-state index is 0.107. The fourth-order valence-electron chi connectivity index (χ4n) is 3.25. The molecule has 2 aliphatic rings. The molecular weight excluding hydrogens is 336 g/mol. The Morgan fingerprint density at radius 1 is 1.08 bits per heavy atom. The van der Waals surface area contributed by atoms with Crippen molar-refractivity contribution in [1.29, 1.82) is 0 Å². The summed E-state index contributed by atoms with van der Waals surface area (Å²) >= 11 is 0. The van der Waals surface area contributed by atoms with E-state index < -0.39 is 5.60 Å². The van der Waals surface area contributed by atoms with Crippen molar-refractivity contribution in [3.63, 3.8) is 0 Å². The Labute approximate surface area is 151 Å². The van der Waals surface area contributed by atoms with Crippen LogP contribution in [0.15, 0.2) is 47.9 Å². The topological polar surface area (TPSA) is 93.1 Å². The average Bonchev–Trinajstić information content (AvgIpc) is 2.66. The molecule has 6 heteroatoms. The van der Waals surface area contributed by atoms with E-state index in [9.17, 15) is 19.8 Å². The molecule has 1 fully saturated rings. The van der Waals surface area contributed by atoms with Gasteiger partial charge >= 0.3 is 5.97 Å². The number of carbonyl (C=O) groups excluding carboxylic acids is 2. The number of ether oxygens (including phenoxy) is 2. The summed E-state index contributed by atoms with van der Waals surface area (Å²) in [6.07, 6.45) is 7.05. The Hall–Kier alpha value is -2.76. The van der Waals surface area contributed by atoms with Crippen molar-refractivity contribution in [2.75, 3.05) is 0 Å². The maximum Gasteiger partial charge on any atom is 0.314 e. The maximum atomic E-state index is 12.3. The van der Waals surface area contributed by atoms with E-state index >= 15 is 0 Å². The van der Waals surface area contributed by atoms with E-state index in [1.165, 1.54) is 24.3 Å². The number of aliphatic hydroxyl groups is 1. The lowest BCUT2D eigenvalue weighted by atomic mass is 9.79. The summed E-state index contributed by atoms with van der Waals surface area (Å²) < 4.78 is 11.3. The van der Waals surface area contributed by atoms with E-state index in [0.29, 0.717) is 55.8 Å². The zero-order valence-electron chi connectivity index (χ0n) is 14.4. The van der Waals surface area contributed by atoms with Gasteiger partial charge in [0.1, 0.15) is 11.5 Å². The van der Waals surface area contributed by atoms with Gasteiger partial charge in [0.05, 0.1) is 17.4 Å². The summed E-state index contributed by atoms with van der Waals surface area (Å²) in [7, 11) is 0. The molecule has 0 atom stereocenters. The van der Waals surface area contributed by atoms with Crippen molar-refractivity contribution in [2.24, 2.45) is 5.92 Å². The number of esters is 1. The number of hydrogen-bond donors (Lipinski definition) is 2. The lowest BCUT2D eigenvalue weighted by molar-refractivity contribution is -0.145. The van der Waals surface area contributed by atoms with Gasteiger partial charge < -0.3 is 19.7 Å². The zero-order valence-corrected chi connectivity index (χ0v) is 14.4. The molecule has 0 aromatic heterocycles. The largest absolute Gasteiger partial charge is 0.512 e. The molecule has 0 aliphatic heterocycles. The fourth-order valence-corrected chi connectivity index (χ4v) is 3.25. The molecule has 0 bridgehead atoms. The molecule has 0 radical (unpaired) electrons. The Morgan fingerprint density at radius 2 is 1.77 bits per heavy atom. The molecule has 0 spiro atoms. The molecule has 2 aliphatic carbocycles. The van der Waals surface area contributed by atoms with Crippen LogP contribution in [0.25, 0.3) is 0 Å². The molecule has 6 nitrogen and oxygen atoms in total. The summed E-state index contributed by atoms with van der Waals surface area (Å²) in [5.41, 5.74) is -0.915. The lowest BCUT2D eigenvalue weighted by Gasteiger charge is -2.36. The van der Waals surface area contributed by atoms with Crippen LogP contribution in [0.2, 0.25) is 0 Å². The maximum absolute atomic E-state index is 12.3. The molecule has 2 N–H and O–H groups in total. The highest BCUT2D eigenvalue weighted by Gasteiger charge is 2.40. The number of aldehydes is 1. The first-order chi connectivity index (χ1) is 12.5. The van der Waals surface area contributed by atoms with Crippen LogP contribution in [0.4, 0.5) is 0 Å². The molecule has 3 rings (SSSR count). The lowest BCUT2D eigenvalue weighted by Crippen LogP contribution is -2.41. The van der Waals surface area contributed by atoms with Gasteiger partial charge in [0.15, 0.2) is 11.9 Å². The number of benzene rings is 1. The van der Waals surface area contributed by atoms with Crippen LogP contribution in [-0.4, -0.2) is 28.1 Å². The normalized spacial score (nSPS) is 25.6. The van der Waals surface area contributed by atoms with Crippen LogP contribution in [-0.2, 0) is 14.3 Å². The monoisotopic (exact) mass is 358 g/mol. The second kappa shape index (κ2) is 7.64. The quantitative estimate of drug-likeness (QED) is 0.475. The van der Waals surface area contributed by atoms with Crippen LogP contribution in [0.5, 0.6) is 11.5 Å². The van der Waals surface area contributed by atoms with E-state index in [1.807, 2.05) is 0 Å². The number of carbonyl (C=O) groups is 2. The molecule has 0 heterocycles. The molecule has 1 aromatic rings. The number of allylic oxidation sites excluding steroid dienone is 4. The van der Waals surface area contributed by atoms with Crippen LogP contribution in [0, 0.1) is 5.92 Å². The number of phenols is 1. The summed E-state index contributed by atoms with van der Waals surface area (Å²) in [6, 6.07) is 5.98. The summed E-state index contributed by atoms with van der Waals surface area (Å²) in [5.74, 6) is 0.855. The second-order valence-corrected chi connectivity index (χ2v) is 6.76. The van der Waals surface area contributed by atoms with Crippen LogP contribution < -0.4 is 4.74 Å². The van der Waals surface area contributed by atoms with Gasteiger partial charge in [-0.05, 0) is 62.1 Å². The molecule has 0 unspecified atom stereocenters.